The second-order valence-electron chi connectivity index (χ2n) is 24.5. The zero-order valence-electron chi connectivity index (χ0n) is 49.6. The maximum atomic E-state index is 2.56. The molecule has 0 atom stereocenters. The van der Waals surface area contributed by atoms with Crippen molar-refractivity contribution in [2.24, 2.45) is 0 Å². The summed E-state index contributed by atoms with van der Waals surface area (Å²) in [5, 5.41) is 15.3. The summed E-state index contributed by atoms with van der Waals surface area (Å²) in [5.74, 6) is 0.0317. The fourth-order valence-electron chi connectivity index (χ4n) is 15.6. The molecule has 91 heavy (non-hydrogen) atoms. The van der Waals surface area contributed by atoms with Crippen LogP contribution in [-0.2, 0) is 0 Å². The van der Waals surface area contributed by atoms with Crippen molar-refractivity contribution in [1.29, 1.82) is 0 Å². The average molecular weight is 1220 g/mol. The molecule has 0 unspecified atom stereocenters. The van der Waals surface area contributed by atoms with E-state index in [1.165, 1.54) is 184 Å². The zero-order chi connectivity index (χ0) is 59.7. The number of rotatable bonds is 8. The molecule has 19 rings (SSSR count). The van der Waals surface area contributed by atoms with Gasteiger partial charge in [0.05, 0.1) is 0 Å². The molecule has 0 bridgehead atoms. The smallest absolute Gasteiger partial charge is 0.0544 e. The van der Waals surface area contributed by atoms with E-state index in [4.69, 9.17) is 0 Å². The molecule has 0 saturated carbocycles. The van der Waals surface area contributed by atoms with Crippen LogP contribution in [0.1, 0.15) is 22.6 Å². The summed E-state index contributed by atoms with van der Waals surface area (Å²) in [5.41, 5.74) is 25.3. The first-order valence-corrected chi connectivity index (χ1v) is 33.3. The third kappa shape index (κ3) is 8.10. The number of aromatic nitrogens is 1. The van der Waals surface area contributed by atoms with Crippen LogP contribution in [-0.4, -0.2) is 19.1 Å². The molecule has 2 heterocycles. The molecule has 16 aromatic carbocycles. The number of fused-ring (bicyclic) bond motifs is 13. The van der Waals surface area contributed by atoms with E-state index in [0.717, 1.165) is 0 Å². The van der Waals surface area contributed by atoms with E-state index < -0.39 is 0 Å². The minimum absolute atomic E-state index is 0.0118. The van der Waals surface area contributed by atoms with E-state index in [9.17, 15) is 0 Å². The van der Waals surface area contributed by atoms with Crippen LogP contribution in [0.25, 0.3) is 168 Å². The minimum atomic E-state index is 0.0118. The topological polar surface area (TPSA) is 4.93 Å². The van der Waals surface area contributed by atoms with E-state index in [1.807, 2.05) is 0 Å². The molecule has 18 aromatic rings. The number of hydrogen-bond acceptors (Lipinski definition) is 0. The zero-order valence-corrected chi connectivity index (χ0v) is 51.3. The molecule has 422 valence electrons. The van der Waals surface area contributed by atoms with Gasteiger partial charge in [-0.3, -0.25) is 0 Å². The van der Waals surface area contributed by atoms with Gasteiger partial charge in [-0.1, -0.05) is 121 Å². The Bertz CT molecular complexity index is 5690. The van der Waals surface area contributed by atoms with Gasteiger partial charge in [0, 0.05) is 0 Å². The first kappa shape index (κ1) is 51.9. The molecule has 0 N–H and O–H groups in total. The molecule has 0 radical (unpaired) electrons. The SMILES string of the molecule is c1ccc(-c2ccc3c(c2)-c2cc(-c4ccccc4)ccc2C3c2c3ccccc3c(-c3ccc4c(c3)[se]c3c(-c5c6ccccc6c(-n6c7ccc(-c8ccccc8)cc7c7cc(-c8ccccc8)ccc76)c6ccccc56)cccc34)c3ccccc23)cc1. The van der Waals surface area contributed by atoms with Crippen LogP contribution in [0.3, 0.4) is 0 Å². The Labute approximate surface area is 533 Å². The quantitative estimate of drug-likeness (QED) is 0.106. The van der Waals surface area contributed by atoms with Crippen molar-refractivity contribution in [2.75, 3.05) is 0 Å². The summed E-state index contributed by atoms with van der Waals surface area (Å²) in [6, 6.07) is 123. The van der Waals surface area contributed by atoms with Crippen LogP contribution in [0.15, 0.2) is 328 Å². The van der Waals surface area contributed by atoms with Crippen LogP contribution in [0.4, 0.5) is 0 Å². The van der Waals surface area contributed by atoms with Crippen LogP contribution < -0.4 is 0 Å². The van der Waals surface area contributed by atoms with Gasteiger partial charge in [0.15, 0.2) is 0 Å². The monoisotopic (exact) mass is 1220 g/mol. The van der Waals surface area contributed by atoms with Crippen molar-refractivity contribution in [3.63, 3.8) is 0 Å². The van der Waals surface area contributed by atoms with Crippen molar-refractivity contribution in [1.82, 2.24) is 4.57 Å². The van der Waals surface area contributed by atoms with Crippen LogP contribution >= 0.6 is 0 Å². The van der Waals surface area contributed by atoms with Crippen molar-refractivity contribution in [3.8, 4) is 83.6 Å². The Balaban J connectivity index is 0.787. The maximum absolute atomic E-state index is 2.56. The third-order valence-electron chi connectivity index (χ3n) is 19.7. The Morgan fingerprint density at radius 2 is 0.615 bits per heavy atom. The fraction of sp³-hybridized carbons (Fsp3) is 0.0112. The van der Waals surface area contributed by atoms with Crippen molar-refractivity contribution >= 4 is 98.7 Å². The summed E-state index contributed by atoms with van der Waals surface area (Å²) in [7, 11) is 0. The fourth-order valence-corrected chi connectivity index (χ4v) is 18.3. The van der Waals surface area contributed by atoms with Gasteiger partial charge in [-0.25, -0.2) is 0 Å². The van der Waals surface area contributed by atoms with E-state index in [1.54, 1.807) is 0 Å². The molecule has 1 nitrogen and oxygen atoms in total. The molecule has 2 aromatic heterocycles. The molecule has 1 aliphatic carbocycles. The summed E-state index contributed by atoms with van der Waals surface area (Å²) >= 11 is 0.0118. The van der Waals surface area contributed by atoms with E-state index >= 15 is 0 Å². The predicted molar refractivity (Wildman–Crippen MR) is 388 cm³/mol. The first-order valence-electron chi connectivity index (χ1n) is 31.6. The van der Waals surface area contributed by atoms with E-state index in [2.05, 4.69) is 332 Å². The van der Waals surface area contributed by atoms with Gasteiger partial charge >= 0.3 is 405 Å². The minimum Gasteiger partial charge on any atom is -0.0617 e. The number of benzene rings is 16. The molecule has 0 amide bonds. The van der Waals surface area contributed by atoms with Gasteiger partial charge in [-0.05, 0) is 11.1 Å². The van der Waals surface area contributed by atoms with Crippen LogP contribution in [0.5, 0.6) is 0 Å². The Morgan fingerprint density at radius 3 is 1.09 bits per heavy atom. The largest absolute Gasteiger partial charge is 0.0617 e. The summed E-state index contributed by atoms with van der Waals surface area (Å²) < 4.78 is 5.43. The van der Waals surface area contributed by atoms with Gasteiger partial charge in [0.2, 0.25) is 0 Å². The Kier molecular flexibility index (Phi) is 11.8. The number of hydrogen-bond donors (Lipinski definition) is 0. The van der Waals surface area contributed by atoms with Crippen molar-refractivity contribution in [3.05, 3.63) is 344 Å². The van der Waals surface area contributed by atoms with Crippen molar-refractivity contribution in [2.45, 2.75) is 5.92 Å². The number of nitrogens with zero attached hydrogens (tertiary/aromatic N) is 1. The van der Waals surface area contributed by atoms with Crippen LogP contribution in [0, 0.1) is 0 Å². The third-order valence-corrected chi connectivity index (χ3v) is 22.2. The summed E-state index contributed by atoms with van der Waals surface area (Å²) in [6.07, 6.45) is 0. The maximum Gasteiger partial charge on any atom is -0.0544 e. The molecular formula is C89H55NSe. The Hall–Kier alpha value is -11.1. The second kappa shape index (κ2) is 20.7. The molecular weight excluding hydrogens is 1160 g/mol. The molecule has 1 aliphatic rings. The molecule has 0 fully saturated rings. The molecule has 0 spiro atoms. The standard InChI is InChI=1S/C89H55NSe/c1-5-22-55(23-6-1)59-40-46-71-77(50-59)78-51-60(56-24-7-2-8-25-56)41-47-72(78)87(71)86-67-32-15-13-30-65(67)84(66-31-14-16-33-68(66)86)63-42-45-64-75-38-21-39-76(89(75)91-83(64)54-63)85-69-34-17-19-36-73(69)88(74-37-20-18-35-70(74)85)90-81-48-43-61(57-26-9-3-10-27-57)52-79(81)80-53-62(44-49-82(80)90)58-28-11-4-12-29-58/h1-54,87H. The molecule has 0 aliphatic heterocycles. The van der Waals surface area contributed by atoms with Gasteiger partial charge in [-0.15, -0.1) is 0 Å². The summed E-state index contributed by atoms with van der Waals surface area (Å²) in [6.45, 7) is 0. The van der Waals surface area contributed by atoms with Gasteiger partial charge in [0.1, 0.15) is 0 Å². The van der Waals surface area contributed by atoms with E-state index in [0.29, 0.717) is 0 Å². The normalized spacial score (nSPS) is 12.4. The molecule has 2 heteroatoms. The van der Waals surface area contributed by atoms with Crippen LogP contribution in [0.2, 0.25) is 0 Å². The van der Waals surface area contributed by atoms with E-state index in [-0.39, 0.29) is 20.4 Å². The molecule has 0 saturated heterocycles. The second-order valence-corrected chi connectivity index (χ2v) is 26.7. The average Bonchev–Trinajstić information content (AvgIpc) is 1.66. The first-order chi connectivity index (χ1) is 45.2. The van der Waals surface area contributed by atoms with Gasteiger partial charge in [-0.2, -0.15) is 0 Å². The summed E-state index contributed by atoms with van der Waals surface area (Å²) in [4.78, 5) is 0. The van der Waals surface area contributed by atoms with Gasteiger partial charge < -0.3 is 0 Å². The van der Waals surface area contributed by atoms with Gasteiger partial charge in [0.25, 0.3) is 0 Å². The Morgan fingerprint density at radius 1 is 0.231 bits per heavy atom. The predicted octanol–water partition coefficient (Wildman–Crippen LogP) is 23.9. The van der Waals surface area contributed by atoms with Crippen molar-refractivity contribution < 1.29 is 0 Å².